The van der Waals surface area contributed by atoms with Crippen molar-refractivity contribution in [1.82, 2.24) is 5.32 Å². The van der Waals surface area contributed by atoms with Crippen LogP contribution < -0.4 is 10.6 Å². The zero-order valence-corrected chi connectivity index (χ0v) is 12.8. The van der Waals surface area contributed by atoms with Crippen molar-refractivity contribution in [2.75, 3.05) is 5.32 Å². The van der Waals surface area contributed by atoms with Gasteiger partial charge in [-0.1, -0.05) is 25.3 Å². The lowest BCUT2D eigenvalue weighted by Crippen LogP contribution is -2.44. The minimum Gasteiger partial charge on any atom is -0.374 e. The summed E-state index contributed by atoms with van der Waals surface area (Å²) in [6.45, 7) is 6.08. The predicted molar refractivity (Wildman–Crippen MR) is 84.0 cm³/mol. The molecule has 110 valence electrons. The summed E-state index contributed by atoms with van der Waals surface area (Å²) in [4.78, 5) is 12.2. The van der Waals surface area contributed by atoms with Crippen LogP contribution in [0.3, 0.4) is 0 Å². The molecule has 2 N–H and O–H groups in total. The number of aryl methyl sites for hydroxylation is 2. The first-order chi connectivity index (χ1) is 9.54. The minimum absolute atomic E-state index is 0.107. The van der Waals surface area contributed by atoms with E-state index in [9.17, 15) is 4.79 Å². The zero-order valence-electron chi connectivity index (χ0n) is 12.8. The molecule has 2 rings (SSSR count). The van der Waals surface area contributed by atoms with Crippen LogP contribution in [0.2, 0.25) is 0 Å². The van der Waals surface area contributed by atoms with Gasteiger partial charge in [-0.05, 0) is 56.9 Å². The summed E-state index contributed by atoms with van der Waals surface area (Å²) in [6.07, 6.45) is 6.04. The van der Waals surface area contributed by atoms with Gasteiger partial charge < -0.3 is 10.6 Å². The van der Waals surface area contributed by atoms with Gasteiger partial charge in [0.15, 0.2) is 0 Å². The van der Waals surface area contributed by atoms with E-state index >= 15 is 0 Å². The van der Waals surface area contributed by atoms with Crippen molar-refractivity contribution in [3.05, 3.63) is 29.3 Å². The van der Waals surface area contributed by atoms with Gasteiger partial charge in [0.25, 0.3) is 0 Å². The summed E-state index contributed by atoms with van der Waals surface area (Å²) in [5.74, 6) is 0.107. The number of hydrogen-bond acceptors (Lipinski definition) is 2. The van der Waals surface area contributed by atoms with Crippen molar-refractivity contribution in [2.24, 2.45) is 0 Å². The summed E-state index contributed by atoms with van der Waals surface area (Å²) in [6, 6.07) is 6.48. The van der Waals surface area contributed by atoms with Crippen LogP contribution in [0.1, 0.15) is 50.2 Å². The lowest BCUT2D eigenvalue weighted by molar-refractivity contribution is -0.122. The van der Waals surface area contributed by atoms with Crippen LogP contribution in [0.15, 0.2) is 18.2 Å². The first kappa shape index (κ1) is 14.9. The standard InChI is InChI=1S/C17H26N2O/c1-12-9-13(2)11-16(10-12)18-14(3)17(20)19-15-7-5-4-6-8-15/h9-11,14-15,18H,4-8H2,1-3H3,(H,19,20). The molecule has 1 atom stereocenters. The number of nitrogens with one attached hydrogen (secondary N) is 2. The molecular formula is C17H26N2O. The smallest absolute Gasteiger partial charge is 0.242 e. The van der Waals surface area contributed by atoms with E-state index in [-0.39, 0.29) is 11.9 Å². The molecule has 0 radical (unpaired) electrons. The van der Waals surface area contributed by atoms with Crippen LogP contribution in [0.4, 0.5) is 5.69 Å². The molecule has 1 aromatic rings. The maximum absolute atomic E-state index is 12.2. The van der Waals surface area contributed by atoms with Gasteiger partial charge in [-0.25, -0.2) is 0 Å². The molecule has 0 aromatic heterocycles. The van der Waals surface area contributed by atoms with Crippen LogP contribution in [-0.2, 0) is 4.79 Å². The minimum atomic E-state index is -0.196. The Hall–Kier alpha value is -1.51. The Morgan fingerprint density at radius 3 is 2.30 bits per heavy atom. The van der Waals surface area contributed by atoms with Gasteiger partial charge in [0, 0.05) is 11.7 Å². The Morgan fingerprint density at radius 1 is 1.10 bits per heavy atom. The first-order valence-corrected chi connectivity index (χ1v) is 7.70. The van der Waals surface area contributed by atoms with Crippen LogP contribution >= 0.6 is 0 Å². The first-order valence-electron chi connectivity index (χ1n) is 7.70. The molecule has 3 nitrogen and oxygen atoms in total. The van der Waals surface area contributed by atoms with Gasteiger partial charge >= 0.3 is 0 Å². The summed E-state index contributed by atoms with van der Waals surface area (Å²) in [7, 11) is 0. The van der Waals surface area contributed by atoms with E-state index in [1.807, 2.05) is 6.92 Å². The molecule has 0 aliphatic heterocycles. The number of anilines is 1. The van der Waals surface area contributed by atoms with Gasteiger partial charge in [-0.15, -0.1) is 0 Å². The maximum Gasteiger partial charge on any atom is 0.242 e. The Bertz CT molecular complexity index is 444. The SMILES string of the molecule is Cc1cc(C)cc(NC(C)C(=O)NC2CCCCC2)c1. The van der Waals surface area contributed by atoms with Crippen molar-refractivity contribution in [2.45, 2.75) is 65.0 Å². The summed E-state index contributed by atoms with van der Waals surface area (Å²) in [5, 5.41) is 6.47. The Kier molecular flexibility index (Phi) is 5.05. The Balaban J connectivity index is 1.89. The second-order valence-corrected chi connectivity index (χ2v) is 6.09. The fraction of sp³-hybridized carbons (Fsp3) is 0.588. The number of hydrogen-bond donors (Lipinski definition) is 2. The van der Waals surface area contributed by atoms with Crippen LogP contribution in [-0.4, -0.2) is 18.0 Å². The third-order valence-corrected chi connectivity index (χ3v) is 3.95. The summed E-state index contributed by atoms with van der Waals surface area (Å²) >= 11 is 0. The predicted octanol–water partition coefficient (Wildman–Crippen LogP) is 3.55. The molecule has 20 heavy (non-hydrogen) atoms. The maximum atomic E-state index is 12.2. The van der Waals surface area contributed by atoms with E-state index < -0.39 is 0 Å². The summed E-state index contributed by atoms with van der Waals surface area (Å²) in [5.41, 5.74) is 3.45. The highest BCUT2D eigenvalue weighted by molar-refractivity contribution is 5.84. The topological polar surface area (TPSA) is 41.1 Å². The molecule has 1 aliphatic carbocycles. The van der Waals surface area contributed by atoms with E-state index in [0.717, 1.165) is 18.5 Å². The second kappa shape index (κ2) is 6.78. The van der Waals surface area contributed by atoms with Gasteiger partial charge in [0.2, 0.25) is 5.91 Å². The Labute approximate surface area is 122 Å². The monoisotopic (exact) mass is 274 g/mol. The molecular weight excluding hydrogens is 248 g/mol. The van der Waals surface area contributed by atoms with E-state index in [2.05, 4.69) is 42.7 Å². The highest BCUT2D eigenvalue weighted by Crippen LogP contribution is 2.18. The van der Waals surface area contributed by atoms with Crippen molar-refractivity contribution < 1.29 is 4.79 Å². The molecule has 1 fully saturated rings. The van der Waals surface area contributed by atoms with E-state index in [1.165, 1.54) is 30.4 Å². The Morgan fingerprint density at radius 2 is 1.70 bits per heavy atom. The highest BCUT2D eigenvalue weighted by atomic mass is 16.2. The quantitative estimate of drug-likeness (QED) is 0.881. The van der Waals surface area contributed by atoms with Crippen LogP contribution in [0, 0.1) is 13.8 Å². The summed E-state index contributed by atoms with van der Waals surface area (Å²) < 4.78 is 0. The number of rotatable bonds is 4. The average Bonchev–Trinajstić information content (AvgIpc) is 2.38. The number of amides is 1. The highest BCUT2D eigenvalue weighted by Gasteiger charge is 2.19. The molecule has 0 heterocycles. The second-order valence-electron chi connectivity index (χ2n) is 6.09. The van der Waals surface area contributed by atoms with Crippen LogP contribution in [0.5, 0.6) is 0 Å². The molecule has 0 bridgehead atoms. The fourth-order valence-corrected chi connectivity index (χ4v) is 2.95. The van der Waals surface area contributed by atoms with Gasteiger partial charge in [-0.2, -0.15) is 0 Å². The number of carbonyl (C=O) groups is 1. The van der Waals surface area contributed by atoms with Crippen molar-refractivity contribution in [3.8, 4) is 0 Å². The van der Waals surface area contributed by atoms with Crippen molar-refractivity contribution >= 4 is 11.6 Å². The van der Waals surface area contributed by atoms with Gasteiger partial charge in [-0.3, -0.25) is 4.79 Å². The molecule has 1 aliphatic rings. The lowest BCUT2D eigenvalue weighted by Gasteiger charge is -2.25. The van der Waals surface area contributed by atoms with Gasteiger partial charge in [0.1, 0.15) is 6.04 Å². The lowest BCUT2D eigenvalue weighted by atomic mass is 9.95. The third kappa shape index (κ3) is 4.26. The molecule has 1 amide bonds. The fourth-order valence-electron chi connectivity index (χ4n) is 2.95. The molecule has 1 aromatic carbocycles. The molecule has 0 saturated heterocycles. The number of benzene rings is 1. The normalized spacial score (nSPS) is 17.6. The van der Waals surface area contributed by atoms with Crippen molar-refractivity contribution in [3.63, 3.8) is 0 Å². The van der Waals surface area contributed by atoms with E-state index in [0.29, 0.717) is 6.04 Å². The van der Waals surface area contributed by atoms with Crippen LogP contribution in [0.25, 0.3) is 0 Å². The molecule has 1 unspecified atom stereocenters. The molecule has 3 heteroatoms. The average molecular weight is 274 g/mol. The molecule has 1 saturated carbocycles. The molecule has 0 spiro atoms. The third-order valence-electron chi connectivity index (χ3n) is 3.95. The zero-order chi connectivity index (χ0) is 14.5. The van der Waals surface area contributed by atoms with E-state index in [1.54, 1.807) is 0 Å². The number of carbonyl (C=O) groups excluding carboxylic acids is 1. The largest absolute Gasteiger partial charge is 0.374 e. The van der Waals surface area contributed by atoms with Crippen molar-refractivity contribution in [1.29, 1.82) is 0 Å². The van der Waals surface area contributed by atoms with E-state index in [4.69, 9.17) is 0 Å². The van der Waals surface area contributed by atoms with Gasteiger partial charge in [0.05, 0.1) is 0 Å².